The minimum Gasteiger partial charge on any atom is -0.492 e. The Balaban J connectivity index is 1.94. The van der Waals surface area contributed by atoms with Crippen molar-refractivity contribution in [2.24, 2.45) is 0 Å². The van der Waals surface area contributed by atoms with Gasteiger partial charge >= 0.3 is 5.97 Å². The number of ether oxygens (including phenoxy) is 1. The quantitative estimate of drug-likeness (QED) is 0.914. The van der Waals surface area contributed by atoms with E-state index in [0.717, 1.165) is 5.69 Å². The van der Waals surface area contributed by atoms with Crippen molar-refractivity contribution < 1.29 is 14.6 Å². The van der Waals surface area contributed by atoms with Crippen molar-refractivity contribution in [1.29, 1.82) is 0 Å². The smallest absolute Gasteiger partial charge is 0.335 e. The summed E-state index contributed by atoms with van der Waals surface area (Å²) in [6.07, 6.45) is 1.59. The lowest BCUT2D eigenvalue weighted by Crippen LogP contribution is -2.11. The Morgan fingerprint density at radius 1 is 1.53 bits per heavy atom. The van der Waals surface area contributed by atoms with Crippen LogP contribution in [0.3, 0.4) is 0 Å². The molecule has 1 aromatic heterocycles. The Bertz CT molecular complexity index is 595. The minimum atomic E-state index is -0.972. The molecule has 0 spiro atoms. The summed E-state index contributed by atoms with van der Waals surface area (Å²) < 4.78 is 7.24. The predicted octanol–water partition coefficient (Wildman–Crippen LogP) is 2.62. The van der Waals surface area contributed by atoms with Gasteiger partial charge in [0.15, 0.2) is 0 Å². The monoisotopic (exact) mass is 280 g/mol. The summed E-state index contributed by atoms with van der Waals surface area (Å²) in [5, 5.41) is 13.6. The summed E-state index contributed by atoms with van der Waals surface area (Å²) in [5.41, 5.74) is 1.08. The highest BCUT2D eigenvalue weighted by Crippen LogP contribution is 2.15. The van der Waals surface area contributed by atoms with Crippen LogP contribution in [0.2, 0.25) is 5.02 Å². The van der Waals surface area contributed by atoms with Crippen LogP contribution in [0.25, 0.3) is 0 Å². The number of aromatic nitrogens is 2. The third-order valence-corrected chi connectivity index (χ3v) is 3.07. The van der Waals surface area contributed by atoms with Crippen LogP contribution < -0.4 is 4.74 Å². The number of hydrogen-bond donors (Lipinski definition) is 1. The Hall–Kier alpha value is -2.01. The number of carboxylic acid groups (broad SMARTS) is 1. The van der Waals surface area contributed by atoms with Crippen LogP contribution in [-0.2, 0) is 6.54 Å². The zero-order chi connectivity index (χ0) is 13.8. The van der Waals surface area contributed by atoms with Crippen molar-refractivity contribution in [2.45, 2.75) is 13.5 Å². The maximum Gasteiger partial charge on any atom is 0.335 e. The molecule has 0 aliphatic heterocycles. The molecule has 1 aromatic carbocycles. The molecule has 2 aromatic rings. The van der Waals surface area contributed by atoms with E-state index in [2.05, 4.69) is 5.10 Å². The van der Waals surface area contributed by atoms with E-state index >= 15 is 0 Å². The fourth-order valence-corrected chi connectivity index (χ4v) is 1.76. The van der Waals surface area contributed by atoms with E-state index in [1.165, 1.54) is 12.1 Å². The lowest BCUT2D eigenvalue weighted by atomic mass is 10.2. The van der Waals surface area contributed by atoms with Gasteiger partial charge in [-0.2, -0.15) is 5.10 Å². The number of aromatic carboxylic acids is 1. The lowest BCUT2D eigenvalue weighted by Gasteiger charge is -2.08. The van der Waals surface area contributed by atoms with E-state index in [9.17, 15) is 4.79 Å². The van der Waals surface area contributed by atoms with Crippen LogP contribution in [0, 0.1) is 6.92 Å². The largest absolute Gasteiger partial charge is 0.492 e. The molecule has 0 unspecified atom stereocenters. The Kier molecular flexibility index (Phi) is 4.06. The SMILES string of the molecule is Cc1c(Cl)cnn1CCOc1cccc(C(=O)O)c1. The first-order chi connectivity index (χ1) is 9.08. The van der Waals surface area contributed by atoms with E-state index in [1.54, 1.807) is 23.0 Å². The molecule has 19 heavy (non-hydrogen) atoms. The van der Waals surface area contributed by atoms with Crippen molar-refractivity contribution in [3.8, 4) is 5.75 Å². The van der Waals surface area contributed by atoms with E-state index in [-0.39, 0.29) is 5.56 Å². The van der Waals surface area contributed by atoms with Gasteiger partial charge in [-0.3, -0.25) is 4.68 Å². The maximum atomic E-state index is 10.8. The van der Waals surface area contributed by atoms with Crippen molar-refractivity contribution in [1.82, 2.24) is 9.78 Å². The van der Waals surface area contributed by atoms with Crippen LogP contribution >= 0.6 is 11.6 Å². The molecule has 0 aliphatic carbocycles. The van der Waals surface area contributed by atoms with Gasteiger partial charge in [-0.15, -0.1) is 0 Å². The van der Waals surface area contributed by atoms with Gasteiger partial charge < -0.3 is 9.84 Å². The molecule has 1 heterocycles. The number of carboxylic acids is 1. The zero-order valence-electron chi connectivity index (χ0n) is 10.3. The van der Waals surface area contributed by atoms with E-state index in [1.807, 2.05) is 6.92 Å². The minimum absolute atomic E-state index is 0.204. The molecule has 5 nitrogen and oxygen atoms in total. The number of rotatable bonds is 5. The highest BCUT2D eigenvalue weighted by molar-refractivity contribution is 6.31. The molecule has 0 saturated heterocycles. The van der Waals surface area contributed by atoms with Gasteiger partial charge in [-0.25, -0.2) is 4.79 Å². The first kappa shape index (κ1) is 13.4. The second kappa shape index (κ2) is 5.75. The summed E-state index contributed by atoms with van der Waals surface area (Å²) in [6.45, 7) is 2.82. The first-order valence-electron chi connectivity index (χ1n) is 5.72. The highest BCUT2D eigenvalue weighted by Gasteiger charge is 2.05. The fourth-order valence-electron chi connectivity index (χ4n) is 1.62. The molecule has 0 aliphatic rings. The molecular formula is C13H13ClN2O3. The summed E-state index contributed by atoms with van der Waals surface area (Å²) >= 11 is 5.89. The van der Waals surface area contributed by atoms with Gasteiger partial charge in [0, 0.05) is 0 Å². The van der Waals surface area contributed by atoms with Gasteiger partial charge in [0.2, 0.25) is 0 Å². The highest BCUT2D eigenvalue weighted by atomic mass is 35.5. The van der Waals surface area contributed by atoms with Crippen molar-refractivity contribution in [2.75, 3.05) is 6.61 Å². The maximum absolute atomic E-state index is 10.8. The number of benzene rings is 1. The standard InChI is InChI=1S/C13H13ClN2O3/c1-9-12(14)8-15-16(9)5-6-19-11-4-2-3-10(7-11)13(17)18/h2-4,7-8H,5-6H2,1H3,(H,17,18). The first-order valence-corrected chi connectivity index (χ1v) is 6.10. The van der Waals surface area contributed by atoms with Crippen LogP contribution in [0.1, 0.15) is 16.1 Å². The normalized spacial score (nSPS) is 10.4. The molecule has 0 radical (unpaired) electrons. The van der Waals surface area contributed by atoms with Crippen LogP contribution in [0.5, 0.6) is 5.75 Å². The summed E-state index contributed by atoms with van der Waals surface area (Å²) in [7, 11) is 0. The van der Waals surface area contributed by atoms with Crippen molar-refractivity contribution in [3.63, 3.8) is 0 Å². The molecule has 6 heteroatoms. The van der Waals surface area contributed by atoms with Crippen LogP contribution in [-0.4, -0.2) is 27.5 Å². The van der Waals surface area contributed by atoms with Gasteiger partial charge in [-0.05, 0) is 25.1 Å². The Morgan fingerprint density at radius 3 is 2.95 bits per heavy atom. The van der Waals surface area contributed by atoms with Gasteiger partial charge in [0.1, 0.15) is 12.4 Å². The average molecular weight is 281 g/mol. The van der Waals surface area contributed by atoms with Gasteiger partial charge in [-0.1, -0.05) is 17.7 Å². The Morgan fingerprint density at radius 2 is 2.32 bits per heavy atom. The molecule has 0 saturated carbocycles. The number of hydrogen-bond acceptors (Lipinski definition) is 3. The molecular weight excluding hydrogens is 268 g/mol. The second-order valence-corrected chi connectivity index (χ2v) is 4.39. The van der Waals surface area contributed by atoms with Crippen molar-refractivity contribution in [3.05, 3.63) is 46.7 Å². The van der Waals surface area contributed by atoms with Crippen LogP contribution in [0.4, 0.5) is 0 Å². The molecule has 0 bridgehead atoms. The second-order valence-electron chi connectivity index (χ2n) is 3.98. The third-order valence-electron chi connectivity index (χ3n) is 2.70. The molecule has 2 rings (SSSR count). The van der Waals surface area contributed by atoms with Crippen molar-refractivity contribution >= 4 is 17.6 Å². The van der Waals surface area contributed by atoms with Crippen LogP contribution in [0.15, 0.2) is 30.5 Å². The lowest BCUT2D eigenvalue weighted by molar-refractivity contribution is 0.0696. The average Bonchev–Trinajstić information content (AvgIpc) is 2.71. The molecule has 0 fully saturated rings. The third kappa shape index (κ3) is 3.26. The molecule has 100 valence electrons. The van der Waals surface area contributed by atoms with E-state index in [0.29, 0.717) is 23.9 Å². The number of carbonyl (C=O) groups is 1. The molecule has 1 N–H and O–H groups in total. The topological polar surface area (TPSA) is 64.4 Å². The number of halogens is 1. The fraction of sp³-hybridized carbons (Fsp3) is 0.231. The summed E-state index contributed by atoms with van der Waals surface area (Å²) in [4.78, 5) is 10.8. The zero-order valence-corrected chi connectivity index (χ0v) is 11.1. The van der Waals surface area contributed by atoms with E-state index in [4.69, 9.17) is 21.4 Å². The van der Waals surface area contributed by atoms with E-state index < -0.39 is 5.97 Å². The van der Waals surface area contributed by atoms with Gasteiger partial charge in [0.25, 0.3) is 0 Å². The Labute approximate surface area is 115 Å². The molecule has 0 atom stereocenters. The summed E-state index contributed by atoms with van der Waals surface area (Å²) in [5.74, 6) is -0.448. The molecule has 0 amide bonds. The predicted molar refractivity (Wildman–Crippen MR) is 70.9 cm³/mol. The number of nitrogens with zero attached hydrogens (tertiary/aromatic N) is 2. The van der Waals surface area contributed by atoms with Gasteiger partial charge in [0.05, 0.1) is 29.0 Å². The summed E-state index contributed by atoms with van der Waals surface area (Å²) in [6, 6.07) is 6.38.